The number of nitrogens with zero attached hydrogens (tertiary/aromatic N) is 1. The summed E-state index contributed by atoms with van der Waals surface area (Å²) in [4.78, 5) is 15.7. The molecule has 1 aliphatic heterocycles. The van der Waals surface area contributed by atoms with Crippen molar-refractivity contribution in [3.8, 4) is 5.75 Å². The van der Waals surface area contributed by atoms with E-state index in [0.717, 1.165) is 12.1 Å². The number of rotatable bonds is 2. The van der Waals surface area contributed by atoms with E-state index in [2.05, 4.69) is 20.4 Å². The molecule has 0 saturated carbocycles. The molecule has 2 rings (SSSR count). The van der Waals surface area contributed by atoms with Crippen molar-refractivity contribution in [1.82, 2.24) is 10.6 Å². The van der Waals surface area contributed by atoms with Gasteiger partial charge in [-0.2, -0.15) is 0 Å². The smallest absolute Gasteiger partial charge is 0.406 e. The fraction of sp³-hybridized carbons (Fsp3) is 0.333. The molecule has 0 aliphatic carbocycles. The highest BCUT2D eigenvalue weighted by molar-refractivity contribution is 6.09. The Labute approximate surface area is 112 Å². The molecule has 2 N–H and O–H groups in total. The summed E-state index contributed by atoms with van der Waals surface area (Å²) in [5, 5.41) is 5.41. The summed E-state index contributed by atoms with van der Waals surface area (Å²) in [5.74, 6) is -0.358. The first-order valence-electron chi connectivity index (χ1n) is 5.67. The van der Waals surface area contributed by atoms with Crippen molar-refractivity contribution >= 4 is 11.9 Å². The number of ether oxygens (including phenoxy) is 1. The van der Waals surface area contributed by atoms with E-state index in [9.17, 15) is 18.0 Å². The second-order valence-corrected chi connectivity index (χ2v) is 4.35. The van der Waals surface area contributed by atoms with Crippen molar-refractivity contribution in [2.45, 2.75) is 18.8 Å². The van der Waals surface area contributed by atoms with E-state index in [1.807, 2.05) is 0 Å². The quantitative estimate of drug-likeness (QED) is 0.866. The molecule has 0 spiro atoms. The summed E-state index contributed by atoms with van der Waals surface area (Å²) in [5.41, 5.74) is -0.575. The first kappa shape index (κ1) is 14.2. The van der Waals surface area contributed by atoms with E-state index in [1.54, 1.807) is 6.92 Å². The van der Waals surface area contributed by atoms with Crippen molar-refractivity contribution in [2.24, 2.45) is 4.99 Å². The molecule has 1 aromatic rings. The molecule has 20 heavy (non-hydrogen) atoms. The Kier molecular flexibility index (Phi) is 3.33. The minimum Gasteiger partial charge on any atom is -0.406 e. The molecule has 1 aliphatic rings. The molecule has 1 saturated heterocycles. The number of aliphatic imine (C=N–C) groups is 1. The molecule has 5 nitrogen and oxygen atoms in total. The van der Waals surface area contributed by atoms with Crippen LogP contribution in [-0.2, 0) is 10.3 Å². The Morgan fingerprint density at radius 2 is 1.85 bits per heavy atom. The molecule has 108 valence electrons. The van der Waals surface area contributed by atoms with Gasteiger partial charge in [-0.15, -0.1) is 13.2 Å². The number of alkyl halides is 3. The second-order valence-electron chi connectivity index (χ2n) is 4.35. The largest absolute Gasteiger partial charge is 0.573 e. The SMILES string of the molecule is CN=C1NC(=O)C(C)(c2ccc(OC(F)(F)F)cc2)N1. The number of nitrogens with one attached hydrogen (secondary N) is 2. The van der Waals surface area contributed by atoms with Crippen molar-refractivity contribution < 1.29 is 22.7 Å². The highest BCUT2D eigenvalue weighted by atomic mass is 19.4. The van der Waals surface area contributed by atoms with E-state index >= 15 is 0 Å². The van der Waals surface area contributed by atoms with Crippen LogP contribution in [0.15, 0.2) is 29.3 Å². The van der Waals surface area contributed by atoms with Gasteiger partial charge in [0.05, 0.1) is 0 Å². The highest BCUT2D eigenvalue weighted by Crippen LogP contribution is 2.28. The minimum atomic E-state index is -4.74. The zero-order valence-electron chi connectivity index (χ0n) is 10.7. The van der Waals surface area contributed by atoms with Crippen LogP contribution in [0, 0.1) is 0 Å². The van der Waals surface area contributed by atoms with Crippen LogP contribution in [0.3, 0.4) is 0 Å². The number of halogens is 3. The van der Waals surface area contributed by atoms with Gasteiger partial charge in [-0.05, 0) is 24.6 Å². The number of amides is 1. The van der Waals surface area contributed by atoms with Gasteiger partial charge in [0.2, 0.25) is 0 Å². The predicted octanol–water partition coefficient (Wildman–Crippen LogP) is 1.51. The molecule has 1 amide bonds. The molecular weight excluding hydrogens is 275 g/mol. The third-order valence-corrected chi connectivity index (χ3v) is 2.94. The lowest BCUT2D eigenvalue weighted by Gasteiger charge is -2.22. The van der Waals surface area contributed by atoms with E-state index < -0.39 is 11.9 Å². The molecule has 1 aromatic carbocycles. The molecule has 0 radical (unpaired) electrons. The lowest BCUT2D eigenvalue weighted by molar-refractivity contribution is -0.274. The first-order valence-corrected chi connectivity index (χ1v) is 5.67. The van der Waals surface area contributed by atoms with Gasteiger partial charge in [-0.3, -0.25) is 15.1 Å². The van der Waals surface area contributed by atoms with Gasteiger partial charge < -0.3 is 10.1 Å². The molecule has 1 atom stereocenters. The lowest BCUT2D eigenvalue weighted by atomic mass is 9.92. The van der Waals surface area contributed by atoms with Crippen LogP contribution in [0.5, 0.6) is 5.75 Å². The Balaban J connectivity index is 2.24. The van der Waals surface area contributed by atoms with E-state index in [1.165, 1.54) is 19.2 Å². The fourth-order valence-corrected chi connectivity index (χ4v) is 1.86. The van der Waals surface area contributed by atoms with Crippen molar-refractivity contribution in [1.29, 1.82) is 0 Å². The summed E-state index contributed by atoms with van der Waals surface area (Å²) < 4.78 is 40.0. The van der Waals surface area contributed by atoms with Crippen molar-refractivity contribution in [3.63, 3.8) is 0 Å². The number of carbonyl (C=O) groups is 1. The van der Waals surface area contributed by atoms with Crippen LogP contribution in [0.25, 0.3) is 0 Å². The van der Waals surface area contributed by atoms with E-state index in [4.69, 9.17) is 0 Å². The minimum absolute atomic E-state index is 0.313. The van der Waals surface area contributed by atoms with Crippen LogP contribution in [0.2, 0.25) is 0 Å². The third-order valence-electron chi connectivity index (χ3n) is 2.94. The molecule has 1 fully saturated rings. The summed E-state index contributed by atoms with van der Waals surface area (Å²) in [6, 6.07) is 5.10. The zero-order valence-corrected chi connectivity index (χ0v) is 10.7. The van der Waals surface area contributed by atoms with Gasteiger partial charge in [-0.1, -0.05) is 12.1 Å². The normalized spacial score (nSPS) is 24.4. The molecule has 0 bridgehead atoms. The number of benzene rings is 1. The first-order chi connectivity index (χ1) is 9.24. The Bertz CT molecular complexity index is 554. The molecular formula is C12H12F3N3O2. The molecule has 8 heteroatoms. The number of guanidine groups is 1. The predicted molar refractivity (Wildman–Crippen MR) is 65.1 cm³/mol. The average molecular weight is 287 g/mol. The monoisotopic (exact) mass is 287 g/mol. The Morgan fingerprint density at radius 3 is 2.30 bits per heavy atom. The van der Waals surface area contributed by atoms with Crippen molar-refractivity contribution in [3.05, 3.63) is 29.8 Å². The number of hydrogen-bond acceptors (Lipinski definition) is 3. The van der Waals surface area contributed by atoms with Gasteiger partial charge in [0.25, 0.3) is 5.91 Å². The fourth-order valence-electron chi connectivity index (χ4n) is 1.86. The topological polar surface area (TPSA) is 62.7 Å². The maximum Gasteiger partial charge on any atom is 0.573 e. The standard InChI is InChI=1S/C12H12F3N3O2/c1-11(9(19)17-10(16-2)18-11)7-3-5-8(6-4-7)20-12(13,14)15/h3-6H,1-2H3,(H2,16,17,18,19). The van der Waals surface area contributed by atoms with Crippen LogP contribution < -0.4 is 15.4 Å². The van der Waals surface area contributed by atoms with E-state index in [0.29, 0.717) is 11.5 Å². The highest BCUT2D eigenvalue weighted by Gasteiger charge is 2.42. The van der Waals surface area contributed by atoms with Gasteiger partial charge in [0.1, 0.15) is 11.3 Å². The number of hydrogen-bond donors (Lipinski definition) is 2. The van der Waals surface area contributed by atoms with Crippen LogP contribution in [0.1, 0.15) is 12.5 Å². The molecule has 0 aromatic heterocycles. The Morgan fingerprint density at radius 1 is 1.25 bits per heavy atom. The van der Waals surface area contributed by atoms with Crippen molar-refractivity contribution in [2.75, 3.05) is 7.05 Å². The average Bonchev–Trinajstić information content (AvgIpc) is 2.65. The van der Waals surface area contributed by atoms with Crippen LogP contribution in [-0.4, -0.2) is 25.3 Å². The van der Waals surface area contributed by atoms with Gasteiger partial charge in [0, 0.05) is 7.05 Å². The maximum absolute atomic E-state index is 12.1. The summed E-state index contributed by atoms with van der Waals surface area (Å²) >= 11 is 0. The third kappa shape index (κ3) is 2.68. The lowest BCUT2D eigenvalue weighted by Crippen LogP contribution is -2.40. The summed E-state index contributed by atoms with van der Waals surface area (Å²) in [6.45, 7) is 1.61. The van der Waals surface area contributed by atoms with Gasteiger partial charge in [-0.25, -0.2) is 0 Å². The molecule has 1 heterocycles. The number of carbonyl (C=O) groups excluding carboxylic acids is 1. The maximum atomic E-state index is 12.1. The van der Waals surface area contributed by atoms with E-state index in [-0.39, 0.29) is 11.7 Å². The molecule has 1 unspecified atom stereocenters. The van der Waals surface area contributed by atoms with Gasteiger partial charge in [0.15, 0.2) is 5.96 Å². The van der Waals surface area contributed by atoms with Crippen LogP contribution >= 0.6 is 0 Å². The second kappa shape index (κ2) is 4.69. The Hall–Kier alpha value is -2.25. The zero-order chi connectivity index (χ0) is 15.0. The summed E-state index contributed by atoms with van der Waals surface area (Å²) in [6.07, 6.45) is -4.74. The van der Waals surface area contributed by atoms with Crippen LogP contribution in [0.4, 0.5) is 13.2 Å². The van der Waals surface area contributed by atoms with Gasteiger partial charge >= 0.3 is 6.36 Å². The summed E-state index contributed by atoms with van der Waals surface area (Å²) in [7, 11) is 1.51.